The molecule has 0 aliphatic heterocycles. The van der Waals surface area contributed by atoms with Gasteiger partial charge in [0.15, 0.2) is 0 Å². The summed E-state index contributed by atoms with van der Waals surface area (Å²) in [6, 6.07) is 10.0. The number of ether oxygens (including phenoxy) is 1. The van der Waals surface area contributed by atoms with E-state index in [0.29, 0.717) is 11.6 Å². The van der Waals surface area contributed by atoms with E-state index in [-0.39, 0.29) is 5.97 Å². The summed E-state index contributed by atoms with van der Waals surface area (Å²) >= 11 is 5.41. The molecular formula is C16H16BrNO2S. The van der Waals surface area contributed by atoms with Gasteiger partial charge in [0.25, 0.3) is 0 Å². The van der Waals surface area contributed by atoms with E-state index in [2.05, 4.69) is 27.3 Å². The largest absolute Gasteiger partial charge is 0.465 e. The van der Waals surface area contributed by atoms with Crippen LogP contribution in [-0.4, -0.2) is 13.1 Å². The molecule has 1 aromatic heterocycles. The number of nitrogens with one attached hydrogen (secondary N) is 1. The van der Waals surface area contributed by atoms with Gasteiger partial charge in [0, 0.05) is 10.6 Å². The van der Waals surface area contributed by atoms with Crippen molar-refractivity contribution in [3.05, 3.63) is 50.1 Å². The van der Waals surface area contributed by atoms with Crippen LogP contribution in [0.2, 0.25) is 0 Å². The van der Waals surface area contributed by atoms with E-state index in [9.17, 15) is 4.79 Å². The third-order valence-electron chi connectivity index (χ3n) is 3.73. The monoisotopic (exact) mass is 365 g/mol. The first-order chi connectivity index (χ1) is 10.2. The number of hydrogen-bond acceptors (Lipinski definition) is 4. The van der Waals surface area contributed by atoms with Crippen LogP contribution < -0.4 is 5.32 Å². The van der Waals surface area contributed by atoms with E-state index in [1.54, 1.807) is 12.1 Å². The van der Waals surface area contributed by atoms with Gasteiger partial charge in [-0.05, 0) is 71.1 Å². The van der Waals surface area contributed by atoms with Gasteiger partial charge in [0.1, 0.15) is 0 Å². The Bertz CT molecular complexity index is 651. The Labute approximate surface area is 136 Å². The minimum atomic E-state index is -0.303. The molecular weight excluding hydrogens is 350 g/mol. The third kappa shape index (κ3) is 3.14. The molecule has 1 aliphatic carbocycles. The topological polar surface area (TPSA) is 38.3 Å². The zero-order valence-electron chi connectivity index (χ0n) is 11.7. The highest BCUT2D eigenvalue weighted by Gasteiger charge is 2.22. The molecule has 0 saturated heterocycles. The van der Waals surface area contributed by atoms with Crippen LogP contribution in [-0.2, 0) is 11.2 Å². The average Bonchev–Trinajstić information content (AvgIpc) is 2.88. The number of carbonyl (C=O) groups excluding carboxylic acids is 1. The predicted molar refractivity (Wildman–Crippen MR) is 89.1 cm³/mol. The van der Waals surface area contributed by atoms with E-state index in [1.807, 2.05) is 23.5 Å². The second kappa shape index (κ2) is 6.20. The summed E-state index contributed by atoms with van der Waals surface area (Å²) in [5.74, 6) is -0.303. The fraction of sp³-hybridized carbons (Fsp3) is 0.312. The van der Waals surface area contributed by atoms with Crippen molar-refractivity contribution >= 4 is 38.9 Å². The summed E-state index contributed by atoms with van der Waals surface area (Å²) in [7, 11) is 1.40. The minimum absolute atomic E-state index is 0.303. The van der Waals surface area contributed by atoms with Gasteiger partial charge in [-0.2, -0.15) is 0 Å². The highest BCUT2D eigenvalue weighted by molar-refractivity contribution is 9.11. The summed E-state index contributed by atoms with van der Waals surface area (Å²) in [5.41, 5.74) is 3.00. The zero-order chi connectivity index (χ0) is 14.8. The van der Waals surface area contributed by atoms with Crippen molar-refractivity contribution in [1.29, 1.82) is 0 Å². The van der Waals surface area contributed by atoms with Crippen LogP contribution in [0.3, 0.4) is 0 Å². The molecule has 1 heterocycles. The normalized spacial score (nSPS) is 17.1. The van der Waals surface area contributed by atoms with Crippen molar-refractivity contribution in [2.24, 2.45) is 0 Å². The Morgan fingerprint density at radius 1 is 1.38 bits per heavy atom. The standard InChI is InChI=1S/C16H16BrNO2S/c1-20-16(19)10-5-7-11(8-6-10)18-13-3-2-4-14-12(13)9-15(17)21-14/h5-9,13,18H,2-4H2,1H3. The first-order valence-electron chi connectivity index (χ1n) is 6.90. The second-order valence-corrected chi connectivity index (χ2v) is 7.60. The van der Waals surface area contributed by atoms with Crippen LogP contribution in [0.15, 0.2) is 34.1 Å². The maximum absolute atomic E-state index is 11.4. The number of halogens is 1. The molecule has 3 nitrogen and oxygen atoms in total. The SMILES string of the molecule is COC(=O)c1ccc(NC2CCCc3sc(Br)cc32)cc1. The summed E-state index contributed by atoms with van der Waals surface area (Å²) in [6.07, 6.45) is 3.51. The molecule has 0 amide bonds. The van der Waals surface area contributed by atoms with Crippen LogP contribution in [0.5, 0.6) is 0 Å². The number of fused-ring (bicyclic) bond motifs is 1. The molecule has 0 fully saturated rings. The quantitative estimate of drug-likeness (QED) is 0.794. The first kappa shape index (κ1) is 14.6. The molecule has 3 rings (SSSR count). The van der Waals surface area contributed by atoms with E-state index < -0.39 is 0 Å². The number of methoxy groups -OCH3 is 1. The van der Waals surface area contributed by atoms with Gasteiger partial charge in [0.2, 0.25) is 0 Å². The molecule has 0 bridgehead atoms. The van der Waals surface area contributed by atoms with Crippen LogP contribution in [0, 0.1) is 0 Å². The molecule has 1 N–H and O–H groups in total. The lowest BCUT2D eigenvalue weighted by Gasteiger charge is -2.24. The number of anilines is 1. The maximum atomic E-state index is 11.4. The molecule has 110 valence electrons. The van der Waals surface area contributed by atoms with Gasteiger partial charge in [-0.3, -0.25) is 0 Å². The minimum Gasteiger partial charge on any atom is -0.465 e. The number of carbonyl (C=O) groups is 1. The van der Waals surface area contributed by atoms with Crippen LogP contribution in [0.25, 0.3) is 0 Å². The fourth-order valence-corrected chi connectivity index (χ4v) is 4.51. The summed E-state index contributed by atoms with van der Waals surface area (Å²) < 4.78 is 5.91. The Hall–Kier alpha value is -1.33. The lowest BCUT2D eigenvalue weighted by molar-refractivity contribution is 0.0601. The first-order valence-corrected chi connectivity index (χ1v) is 8.51. The number of benzene rings is 1. The van der Waals surface area contributed by atoms with Gasteiger partial charge >= 0.3 is 5.97 Å². The number of rotatable bonds is 3. The number of aryl methyl sites for hydroxylation is 1. The van der Waals surface area contributed by atoms with E-state index in [1.165, 1.54) is 34.2 Å². The highest BCUT2D eigenvalue weighted by atomic mass is 79.9. The van der Waals surface area contributed by atoms with Gasteiger partial charge in [-0.15, -0.1) is 11.3 Å². The Kier molecular flexibility index (Phi) is 4.31. The lowest BCUT2D eigenvalue weighted by atomic mass is 9.94. The summed E-state index contributed by atoms with van der Waals surface area (Å²) in [4.78, 5) is 12.9. The van der Waals surface area contributed by atoms with Gasteiger partial charge < -0.3 is 10.1 Å². The molecule has 2 aromatic rings. The molecule has 1 aromatic carbocycles. The van der Waals surface area contributed by atoms with Crippen LogP contribution in [0.1, 0.15) is 39.7 Å². The maximum Gasteiger partial charge on any atom is 0.337 e. The zero-order valence-corrected chi connectivity index (χ0v) is 14.1. The van der Waals surface area contributed by atoms with Gasteiger partial charge in [0.05, 0.1) is 22.5 Å². The predicted octanol–water partition coefficient (Wildman–Crippen LogP) is 4.79. The molecule has 0 radical (unpaired) electrons. The second-order valence-electron chi connectivity index (χ2n) is 5.09. The summed E-state index contributed by atoms with van der Waals surface area (Å²) in [6.45, 7) is 0. The molecule has 5 heteroatoms. The average molecular weight is 366 g/mol. The molecule has 1 aliphatic rings. The number of thiophene rings is 1. The van der Waals surface area contributed by atoms with E-state index >= 15 is 0 Å². The third-order valence-corrected chi connectivity index (χ3v) is 5.44. The van der Waals surface area contributed by atoms with Crippen molar-refractivity contribution in [3.8, 4) is 0 Å². The van der Waals surface area contributed by atoms with Crippen molar-refractivity contribution in [2.75, 3.05) is 12.4 Å². The lowest BCUT2D eigenvalue weighted by Crippen LogP contribution is -2.15. The Balaban J connectivity index is 1.77. The summed E-state index contributed by atoms with van der Waals surface area (Å²) in [5, 5.41) is 3.57. The smallest absolute Gasteiger partial charge is 0.337 e. The highest BCUT2D eigenvalue weighted by Crippen LogP contribution is 2.39. The van der Waals surface area contributed by atoms with Crippen LogP contribution in [0.4, 0.5) is 5.69 Å². The molecule has 21 heavy (non-hydrogen) atoms. The Morgan fingerprint density at radius 2 is 2.14 bits per heavy atom. The van der Waals surface area contributed by atoms with Gasteiger partial charge in [-0.25, -0.2) is 4.79 Å². The number of esters is 1. The molecule has 1 atom stereocenters. The molecule has 0 saturated carbocycles. The fourth-order valence-electron chi connectivity index (χ4n) is 2.69. The van der Waals surface area contributed by atoms with Crippen molar-refractivity contribution in [2.45, 2.75) is 25.3 Å². The van der Waals surface area contributed by atoms with E-state index in [4.69, 9.17) is 4.74 Å². The van der Waals surface area contributed by atoms with Gasteiger partial charge in [-0.1, -0.05) is 0 Å². The van der Waals surface area contributed by atoms with E-state index in [0.717, 1.165) is 12.1 Å². The van der Waals surface area contributed by atoms with Crippen molar-refractivity contribution < 1.29 is 9.53 Å². The number of hydrogen-bond donors (Lipinski definition) is 1. The van der Waals surface area contributed by atoms with Crippen molar-refractivity contribution in [3.63, 3.8) is 0 Å². The van der Waals surface area contributed by atoms with Crippen LogP contribution >= 0.6 is 27.3 Å². The molecule has 1 unspecified atom stereocenters. The Morgan fingerprint density at radius 3 is 2.86 bits per heavy atom. The molecule has 0 spiro atoms. The van der Waals surface area contributed by atoms with Crippen molar-refractivity contribution in [1.82, 2.24) is 0 Å².